The molecule has 0 aliphatic carbocycles. The molecule has 270 valence electrons. The zero-order chi connectivity index (χ0) is 37.3. The van der Waals surface area contributed by atoms with Crippen LogP contribution in [0.2, 0.25) is 0 Å². The summed E-state index contributed by atoms with van der Waals surface area (Å²) >= 11 is 13.4. The number of fused-ring (bicyclic) bond motifs is 6. The number of methoxy groups -OCH3 is 2. The summed E-state index contributed by atoms with van der Waals surface area (Å²) in [5.74, 6) is 1.40. The molecule has 1 unspecified atom stereocenters. The Balaban J connectivity index is 0.000000198. The Kier molecular flexibility index (Phi) is 10.9. The first-order valence-electron chi connectivity index (χ1n) is 16.4. The van der Waals surface area contributed by atoms with E-state index in [1.807, 2.05) is 55.6 Å². The van der Waals surface area contributed by atoms with Crippen LogP contribution in [0.1, 0.15) is 56.2 Å². The monoisotopic (exact) mass is 762 g/mol. The number of hydrogen-bond donors (Lipinski definition) is 0. The molecule has 1 amide bonds. The molecule has 0 radical (unpaired) electrons. The van der Waals surface area contributed by atoms with E-state index in [0.717, 1.165) is 50.7 Å². The van der Waals surface area contributed by atoms with Crippen LogP contribution in [0.4, 0.5) is 11.4 Å². The van der Waals surface area contributed by atoms with Crippen molar-refractivity contribution < 1.29 is 38.1 Å². The highest BCUT2D eigenvalue weighted by Crippen LogP contribution is 2.49. The van der Waals surface area contributed by atoms with Gasteiger partial charge in [-0.3, -0.25) is 19.2 Å². The molecule has 7 rings (SSSR count). The fourth-order valence-electron chi connectivity index (χ4n) is 7.09. The molecule has 0 saturated heterocycles. The van der Waals surface area contributed by atoms with E-state index in [9.17, 15) is 19.2 Å². The number of amides is 1. The van der Waals surface area contributed by atoms with Crippen molar-refractivity contribution in [3.05, 3.63) is 81.5 Å². The van der Waals surface area contributed by atoms with Gasteiger partial charge in [0.2, 0.25) is 0 Å². The molecule has 4 aromatic carbocycles. The zero-order valence-corrected chi connectivity index (χ0v) is 31.5. The molecule has 2 aliphatic rings. The average Bonchev–Trinajstić information content (AvgIpc) is 3.81. The van der Waals surface area contributed by atoms with Gasteiger partial charge in [-0.15, -0.1) is 34.5 Å². The van der Waals surface area contributed by atoms with Gasteiger partial charge in [-0.05, 0) is 21.9 Å². The largest absolute Gasteiger partial charge is 0.491 e. The first-order chi connectivity index (χ1) is 25.1. The van der Waals surface area contributed by atoms with Crippen LogP contribution in [0, 0.1) is 0 Å². The lowest BCUT2D eigenvalue weighted by atomic mass is 9.95. The fourth-order valence-corrected chi connectivity index (χ4v) is 8.60. The summed E-state index contributed by atoms with van der Waals surface area (Å²) in [5.41, 5.74) is 3.88. The maximum absolute atomic E-state index is 13.7. The number of alkyl halides is 2. The van der Waals surface area contributed by atoms with Crippen LogP contribution in [0.15, 0.2) is 60.7 Å². The lowest BCUT2D eigenvalue weighted by Gasteiger charge is -2.19. The van der Waals surface area contributed by atoms with Crippen LogP contribution in [0.3, 0.4) is 0 Å². The number of rotatable bonds is 8. The summed E-state index contributed by atoms with van der Waals surface area (Å²) in [6, 6.07) is 19.2. The smallest absolute Gasteiger partial charge is 0.308 e. The third-order valence-corrected chi connectivity index (χ3v) is 11.0. The van der Waals surface area contributed by atoms with Crippen LogP contribution in [-0.2, 0) is 9.59 Å². The molecular formula is C39H36Cl2N2O8S. The van der Waals surface area contributed by atoms with Gasteiger partial charge in [0.15, 0.2) is 17.8 Å². The fraction of sp³-hybridized carbons (Fsp3) is 0.282. The number of carbonyl (C=O) groups is 4. The minimum Gasteiger partial charge on any atom is -0.491 e. The quantitative estimate of drug-likeness (QED) is 0.0669. The Morgan fingerprint density at radius 2 is 1.25 bits per heavy atom. The molecule has 0 N–H and O–H groups in total. The Labute approximate surface area is 314 Å². The van der Waals surface area contributed by atoms with Crippen LogP contribution in [0.25, 0.3) is 21.5 Å². The van der Waals surface area contributed by atoms with Gasteiger partial charge >= 0.3 is 11.9 Å². The van der Waals surface area contributed by atoms with E-state index in [1.54, 1.807) is 11.0 Å². The van der Waals surface area contributed by atoms with Crippen molar-refractivity contribution in [2.75, 3.05) is 55.9 Å². The number of thiophene rings is 1. The van der Waals surface area contributed by atoms with Crippen molar-refractivity contribution in [2.24, 2.45) is 0 Å². The summed E-state index contributed by atoms with van der Waals surface area (Å²) in [6.45, 7) is 3.99. The average molecular weight is 764 g/mol. The molecule has 0 fully saturated rings. The predicted molar refractivity (Wildman–Crippen MR) is 205 cm³/mol. The second-order valence-electron chi connectivity index (χ2n) is 12.4. The van der Waals surface area contributed by atoms with Gasteiger partial charge in [-0.2, -0.15) is 0 Å². The van der Waals surface area contributed by atoms with Crippen LogP contribution >= 0.6 is 34.5 Å². The molecule has 1 aromatic heterocycles. The number of halogens is 2. The standard InChI is InChI=1S/C23H20ClNO6S.C16H16ClNO2/c1-12(27)31-17-8-16-19(15-7-5-4-6-14(15)17)13(9-24)10-25(16)23(28)22-21(30-3)20(29-2)18(11-26)32-22;1-10(19)20-15-7-14-16(11(8-17)9-18(14)2)13-6-4-3-5-12(13)15/h4-8,11,13H,9-10H2,1-3H3;3-7,11H,8-9H2,1-2H3/t13-;/m1./s1. The second-order valence-corrected chi connectivity index (χ2v) is 14.0. The number of nitrogens with zero attached hydrogens (tertiary/aromatic N) is 2. The van der Waals surface area contributed by atoms with Gasteiger partial charge in [-0.1, -0.05) is 48.5 Å². The van der Waals surface area contributed by atoms with Crippen LogP contribution in [0.5, 0.6) is 23.0 Å². The Morgan fingerprint density at radius 3 is 1.73 bits per heavy atom. The van der Waals surface area contributed by atoms with Gasteiger partial charge in [-0.25, -0.2) is 0 Å². The second kappa shape index (κ2) is 15.4. The number of benzene rings is 4. The summed E-state index contributed by atoms with van der Waals surface area (Å²) in [4.78, 5) is 52.4. The molecule has 13 heteroatoms. The van der Waals surface area contributed by atoms with Crippen LogP contribution in [-0.4, -0.2) is 70.2 Å². The summed E-state index contributed by atoms with van der Waals surface area (Å²) in [7, 11) is 4.87. The van der Waals surface area contributed by atoms with Crippen molar-refractivity contribution in [2.45, 2.75) is 25.7 Å². The molecule has 0 spiro atoms. The van der Waals surface area contributed by atoms with Crippen LogP contribution < -0.4 is 28.7 Å². The van der Waals surface area contributed by atoms with Gasteiger partial charge < -0.3 is 28.7 Å². The van der Waals surface area contributed by atoms with Gasteiger partial charge in [0.05, 0.1) is 19.9 Å². The first kappa shape index (κ1) is 36.9. The van der Waals surface area contributed by atoms with E-state index in [0.29, 0.717) is 47.7 Å². The maximum atomic E-state index is 13.7. The number of anilines is 2. The zero-order valence-electron chi connectivity index (χ0n) is 29.2. The highest BCUT2D eigenvalue weighted by molar-refractivity contribution is 7.16. The Morgan fingerprint density at radius 1 is 0.769 bits per heavy atom. The maximum Gasteiger partial charge on any atom is 0.308 e. The number of esters is 2. The van der Waals surface area contributed by atoms with Crippen molar-refractivity contribution in [3.63, 3.8) is 0 Å². The molecule has 3 heterocycles. The van der Waals surface area contributed by atoms with Gasteiger partial charge in [0.25, 0.3) is 5.91 Å². The number of hydrogen-bond acceptors (Lipinski definition) is 10. The number of carbonyl (C=O) groups excluding carboxylic acids is 4. The van der Waals surface area contributed by atoms with Gasteiger partial charge in [0, 0.05) is 86.2 Å². The predicted octanol–water partition coefficient (Wildman–Crippen LogP) is 8.18. The summed E-state index contributed by atoms with van der Waals surface area (Å²) < 4.78 is 21.5. The molecule has 2 atom stereocenters. The highest BCUT2D eigenvalue weighted by atomic mass is 35.5. The lowest BCUT2D eigenvalue weighted by molar-refractivity contribution is -0.132. The van der Waals surface area contributed by atoms with E-state index in [1.165, 1.54) is 33.6 Å². The number of likely N-dealkylation sites (N-methyl/N-ethyl adjacent to an activating group) is 1. The van der Waals surface area contributed by atoms with Crippen molar-refractivity contribution in [3.8, 4) is 23.0 Å². The van der Waals surface area contributed by atoms with Crippen molar-refractivity contribution >= 4 is 91.6 Å². The molecular weight excluding hydrogens is 727 g/mol. The van der Waals surface area contributed by atoms with Gasteiger partial charge in [0.1, 0.15) is 21.3 Å². The third kappa shape index (κ3) is 6.64. The van der Waals surface area contributed by atoms with E-state index < -0.39 is 5.97 Å². The highest BCUT2D eigenvalue weighted by Gasteiger charge is 2.38. The molecule has 0 bridgehead atoms. The van der Waals surface area contributed by atoms with E-state index in [-0.39, 0.29) is 39.0 Å². The summed E-state index contributed by atoms with van der Waals surface area (Å²) in [6.07, 6.45) is 0.634. The minimum absolute atomic E-state index is 0.120. The first-order valence-corrected chi connectivity index (χ1v) is 18.3. The third-order valence-electron chi connectivity index (χ3n) is 9.15. The molecule has 52 heavy (non-hydrogen) atoms. The summed E-state index contributed by atoms with van der Waals surface area (Å²) in [5, 5.41) is 3.72. The molecule has 2 aliphatic heterocycles. The normalized spacial score (nSPS) is 15.8. The van der Waals surface area contributed by atoms with Crippen molar-refractivity contribution in [1.29, 1.82) is 0 Å². The Hall–Kier alpha value is -4.84. The van der Waals surface area contributed by atoms with E-state index >= 15 is 0 Å². The van der Waals surface area contributed by atoms with Crippen molar-refractivity contribution in [1.82, 2.24) is 0 Å². The Bertz CT molecular complexity index is 2220. The topological polar surface area (TPSA) is 112 Å². The number of ether oxygens (including phenoxy) is 4. The lowest BCUT2D eigenvalue weighted by Crippen LogP contribution is -2.29. The van der Waals surface area contributed by atoms with E-state index in [4.69, 9.17) is 42.1 Å². The number of aldehydes is 1. The molecule has 10 nitrogen and oxygen atoms in total. The molecule has 0 saturated carbocycles. The SMILES string of the molecule is CC(=O)Oc1cc2c(c3ccccc13)C(CCl)CN2C.COc1c(C=O)sc(C(=O)N2C[C@@H](CCl)c3c2cc(OC(C)=O)c2ccccc32)c1OC. The molecule has 5 aromatic rings. The van der Waals surface area contributed by atoms with E-state index in [2.05, 4.69) is 11.0 Å². The minimum atomic E-state index is -0.458.